The highest BCUT2D eigenvalue weighted by atomic mass is 14.6. The van der Waals surface area contributed by atoms with E-state index in [1.54, 1.807) is 6.20 Å². The van der Waals surface area contributed by atoms with Crippen LogP contribution in [0, 0.1) is 0 Å². The maximum absolute atomic E-state index is 5.64. The number of aryl methyl sites for hydroxylation is 1. The zero-order valence-electron chi connectivity index (χ0n) is 7.53. The molecule has 1 aromatic heterocycles. The van der Waals surface area contributed by atoms with Crippen molar-refractivity contribution in [3.05, 3.63) is 30.1 Å². The van der Waals surface area contributed by atoms with E-state index in [0.29, 0.717) is 6.04 Å². The molecule has 0 aliphatic carbocycles. The minimum Gasteiger partial charge on any atom is -0.328 e. The summed E-state index contributed by atoms with van der Waals surface area (Å²) in [6.45, 7) is 2.04. The predicted octanol–water partition coefficient (Wildman–Crippen LogP) is 1.75. The summed E-state index contributed by atoms with van der Waals surface area (Å²) < 4.78 is 0. The molecule has 0 saturated carbocycles. The number of pyridine rings is 1. The van der Waals surface area contributed by atoms with Crippen LogP contribution in [-0.4, -0.2) is 11.0 Å². The van der Waals surface area contributed by atoms with Crippen molar-refractivity contribution in [3.8, 4) is 0 Å². The largest absolute Gasteiger partial charge is 0.328 e. The Kier molecular flexibility index (Phi) is 3.74. The quantitative estimate of drug-likeness (QED) is 0.736. The van der Waals surface area contributed by atoms with Gasteiger partial charge in [-0.25, -0.2) is 0 Å². The molecule has 2 heteroatoms. The van der Waals surface area contributed by atoms with Crippen molar-refractivity contribution >= 4 is 0 Å². The summed E-state index contributed by atoms with van der Waals surface area (Å²) >= 11 is 0. The van der Waals surface area contributed by atoms with Gasteiger partial charge in [-0.1, -0.05) is 6.07 Å². The van der Waals surface area contributed by atoms with Crippen LogP contribution in [0.2, 0.25) is 0 Å². The molecule has 1 rings (SSSR count). The van der Waals surface area contributed by atoms with Crippen LogP contribution in [0.3, 0.4) is 0 Å². The van der Waals surface area contributed by atoms with Crippen LogP contribution in [0.15, 0.2) is 24.5 Å². The average Bonchev–Trinajstić information content (AvgIpc) is 2.05. The van der Waals surface area contributed by atoms with E-state index in [-0.39, 0.29) is 0 Å². The molecule has 0 saturated heterocycles. The summed E-state index contributed by atoms with van der Waals surface area (Å²) in [5.74, 6) is 0. The van der Waals surface area contributed by atoms with Crippen LogP contribution in [-0.2, 0) is 6.42 Å². The van der Waals surface area contributed by atoms with Crippen molar-refractivity contribution in [2.24, 2.45) is 5.73 Å². The second kappa shape index (κ2) is 4.88. The molecule has 12 heavy (non-hydrogen) atoms. The molecule has 1 heterocycles. The lowest BCUT2D eigenvalue weighted by Crippen LogP contribution is -2.14. The number of nitrogens with two attached hydrogens (primary N) is 1. The van der Waals surface area contributed by atoms with E-state index in [2.05, 4.69) is 11.1 Å². The Bertz CT molecular complexity index is 206. The van der Waals surface area contributed by atoms with E-state index in [4.69, 9.17) is 5.73 Å². The number of aromatic nitrogens is 1. The molecule has 0 fully saturated rings. The van der Waals surface area contributed by atoms with Crippen molar-refractivity contribution in [1.29, 1.82) is 0 Å². The molecule has 0 spiro atoms. The van der Waals surface area contributed by atoms with Crippen molar-refractivity contribution in [2.45, 2.75) is 32.2 Å². The molecule has 0 unspecified atom stereocenters. The van der Waals surface area contributed by atoms with Gasteiger partial charge >= 0.3 is 0 Å². The van der Waals surface area contributed by atoms with Crippen molar-refractivity contribution in [2.75, 3.05) is 0 Å². The van der Waals surface area contributed by atoms with Crippen LogP contribution in [0.1, 0.15) is 25.3 Å². The van der Waals surface area contributed by atoms with Gasteiger partial charge in [-0.05, 0) is 37.8 Å². The standard InChI is InChI=1S/C10H16N2/c1-9(11)4-2-5-10-6-3-7-12-8-10/h3,6-9H,2,4-5,11H2,1H3/t9-/m1/s1. The van der Waals surface area contributed by atoms with E-state index in [9.17, 15) is 0 Å². The SMILES string of the molecule is C[C@@H](N)CCCc1cccnc1. The molecular formula is C10H16N2. The third kappa shape index (κ3) is 3.49. The zero-order chi connectivity index (χ0) is 8.81. The normalized spacial score (nSPS) is 12.8. The Balaban J connectivity index is 2.25. The molecule has 0 radical (unpaired) electrons. The highest BCUT2D eigenvalue weighted by Crippen LogP contribution is 2.03. The van der Waals surface area contributed by atoms with Gasteiger partial charge < -0.3 is 5.73 Å². The molecule has 0 aliphatic rings. The van der Waals surface area contributed by atoms with Gasteiger partial charge in [0.1, 0.15) is 0 Å². The van der Waals surface area contributed by atoms with Crippen LogP contribution in [0.5, 0.6) is 0 Å². The van der Waals surface area contributed by atoms with Gasteiger partial charge in [0.25, 0.3) is 0 Å². The summed E-state index contributed by atoms with van der Waals surface area (Å²) in [6, 6.07) is 4.40. The van der Waals surface area contributed by atoms with E-state index >= 15 is 0 Å². The molecule has 0 amide bonds. The molecule has 0 aliphatic heterocycles. The van der Waals surface area contributed by atoms with Crippen LogP contribution in [0.25, 0.3) is 0 Å². The van der Waals surface area contributed by atoms with Gasteiger partial charge in [-0.2, -0.15) is 0 Å². The number of nitrogens with zero attached hydrogens (tertiary/aromatic N) is 1. The van der Waals surface area contributed by atoms with Gasteiger partial charge in [-0.15, -0.1) is 0 Å². The van der Waals surface area contributed by atoms with Gasteiger partial charge in [0.2, 0.25) is 0 Å². The Morgan fingerprint density at radius 2 is 2.42 bits per heavy atom. The summed E-state index contributed by atoms with van der Waals surface area (Å²) in [7, 11) is 0. The molecule has 66 valence electrons. The summed E-state index contributed by atoms with van der Waals surface area (Å²) in [6.07, 6.45) is 7.06. The summed E-state index contributed by atoms with van der Waals surface area (Å²) in [4.78, 5) is 4.05. The highest BCUT2D eigenvalue weighted by molar-refractivity contribution is 5.08. The molecule has 1 atom stereocenters. The second-order valence-electron chi connectivity index (χ2n) is 3.23. The number of hydrogen-bond donors (Lipinski definition) is 1. The average molecular weight is 164 g/mol. The third-order valence-electron chi connectivity index (χ3n) is 1.85. The monoisotopic (exact) mass is 164 g/mol. The van der Waals surface area contributed by atoms with Crippen molar-refractivity contribution < 1.29 is 0 Å². The Morgan fingerprint density at radius 1 is 1.58 bits per heavy atom. The van der Waals surface area contributed by atoms with Crippen LogP contribution in [0.4, 0.5) is 0 Å². The first-order valence-corrected chi connectivity index (χ1v) is 4.43. The number of hydrogen-bond acceptors (Lipinski definition) is 2. The molecule has 2 nitrogen and oxygen atoms in total. The lowest BCUT2D eigenvalue weighted by Gasteiger charge is -2.03. The summed E-state index contributed by atoms with van der Waals surface area (Å²) in [5, 5.41) is 0. The van der Waals surface area contributed by atoms with Crippen molar-refractivity contribution in [3.63, 3.8) is 0 Å². The minimum absolute atomic E-state index is 0.321. The minimum atomic E-state index is 0.321. The van der Waals surface area contributed by atoms with E-state index in [0.717, 1.165) is 19.3 Å². The van der Waals surface area contributed by atoms with Crippen LogP contribution < -0.4 is 5.73 Å². The molecule has 0 aromatic carbocycles. The molecular weight excluding hydrogens is 148 g/mol. The fraction of sp³-hybridized carbons (Fsp3) is 0.500. The fourth-order valence-corrected chi connectivity index (χ4v) is 1.17. The highest BCUT2D eigenvalue weighted by Gasteiger charge is 1.95. The zero-order valence-corrected chi connectivity index (χ0v) is 7.53. The predicted molar refractivity (Wildman–Crippen MR) is 50.8 cm³/mol. The van der Waals surface area contributed by atoms with E-state index in [1.807, 2.05) is 19.2 Å². The fourth-order valence-electron chi connectivity index (χ4n) is 1.17. The first-order chi connectivity index (χ1) is 5.79. The van der Waals surface area contributed by atoms with E-state index in [1.165, 1.54) is 5.56 Å². The summed E-state index contributed by atoms with van der Waals surface area (Å²) in [5.41, 5.74) is 6.94. The molecule has 0 bridgehead atoms. The lowest BCUT2D eigenvalue weighted by molar-refractivity contribution is 0.624. The smallest absolute Gasteiger partial charge is 0.0299 e. The maximum Gasteiger partial charge on any atom is 0.0299 e. The first kappa shape index (κ1) is 9.20. The van der Waals surface area contributed by atoms with Gasteiger partial charge in [0, 0.05) is 18.4 Å². The Morgan fingerprint density at radius 3 is 3.00 bits per heavy atom. The third-order valence-corrected chi connectivity index (χ3v) is 1.85. The first-order valence-electron chi connectivity index (χ1n) is 4.43. The van der Waals surface area contributed by atoms with Gasteiger partial charge in [0.15, 0.2) is 0 Å². The molecule has 2 N–H and O–H groups in total. The van der Waals surface area contributed by atoms with Gasteiger partial charge in [0.05, 0.1) is 0 Å². The van der Waals surface area contributed by atoms with Crippen LogP contribution >= 0.6 is 0 Å². The van der Waals surface area contributed by atoms with Crippen molar-refractivity contribution in [1.82, 2.24) is 4.98 Å². The number of rotatable bonds is 4. The van der Waals surface area contributed by atoms with Gasteiger partial charge in [-0.3, -0.25) is 4.98 Å². The molecule has 1 aromatic rings. The lowest BCUT2D eigenvalue weighted by atomic mass is 10.1. The Labute approximate surface area is 73.8 Å². The second-order valence-corrected chi connectivity index (χ2v) is 3.23. The van der Waals surface area contributed by atoms with E-state index < -0.39 is 0 Å². The topological polar surface area (TPSA) is 38.9 Å². The Hall–Kier alpha value is -0.890. The maximum atomic E-state index is 5.64.